The quantitative estimate of drug-likeness (QED) is 0.935. The average molecular weight is 296 g/mol. The molecule has 0 aliphatic heterocycles. The Labute approximate surface area is 120 Å². The molecule has 0 spiro atoms. The van der Waals surface area contributed by atoms with E-state index in [0.29, 0.717) is 28.0 Å². The van der Waals surface area contributed by atoms with Crippen molar-refractivity contribution in [3.05, 3.63) is 63.6 Å². The van der Waals surface area contributed by atoms with Crippen molar-refractivity contribution in [1.29, 1.82) is 0 Å². The number of hydrogen-bond donors (Lipinski definition) is 1. The number of amides is 1. The van der Waals surface area contributed by atoms with Gasteiger partial charge in [-0.25, -0.2) is 0 Å². The molecule has 1 amide bonds. The molecule has 2 aromatic rings. The van der Waals surface area contributed by atoms with Crippen LogP contribution in [0.15, 0.2) is 42.5 Å². The van der Waals surface area contributed by atoms with Gasteiger partial charge in [0.15, 0.2) is 0 Å². The van der Waals surface area contributed by atoms with Crippen LogP contribution in [0.4, 0.5) is 0 Å². The molecule has 0 aliphatic rings. The molecule has 5 heteroatoms. The molecule has 0 aliphatic carbocycles. The number of hydrogen-bond acceptors (Lipinski definition) is 2. The van der Waals surface area contributed by atoms with E-state index in [-0.39, 0.29) is 0 Å². The second-order valence-corrected chi connectivity index (χ2v) is 4.70. The molecule has 98 valence electrons. The summed E-state index contributed by atoms with van der Waals surface area (Å²) < 4.78 is 5.57. The van der Waals surface area contributed by atoms with Gasteiger partial charge in [0.1, 0.15) is 12.4 Å². The summed E-state index contributed by atoms with van der Waals surface area (Å²) in [5.41, 5.74) is 6.36. The Bertz CT molecular complexity index is 614. The number of rotatable bonds is 4. The third kappa shape index (κ3) is 3.40. The van der Waals surface area contributed by atoms with Gasteiger partial charge in [0.05, 0.1) is 5.02 Å². The summed E-state index contributed by atoms with van der Waals surface area (Å²) in [6.07, 6.45) is 0. The Balaban J connectivity index is 2.12. The summed E-state index contributed by atoms with van der Waals surface area (Å²) >= 11 is 12.0. The summed E-state index contributed by atoms with van der Waals surface area (Å²) in [7, 11) is 0. The van der Waals surface area contributed by atoms with E-state index in [9.17, 15) is 4.79 Å². The van der Waals surface area contributed by atoms with Crippen molar-refractivity contribution in [3.8, 4) is 5.75 Å². The monoisotopic (exact) mass is 295 g/mol. The molecule has 0 heterocycles. The van der Waals surface area contributed by atoms with Crippen LogP contribution in [0.1, 0.15) is 15.9 Å². The Kier molecular flexibility index (Phi) is 4.30. The molecule has 0 saturated heterocycles. The standard InChI is InChI=1S/C14H11Cl2NO2/c15-11-4-2-1-3-10(11)8-19-13-6-5-9(14(17)18)7-12(13)16/h1-7H,8H2,(H2,17,18). The number of halogens is 2. The van der Waals surface area contributed by atoms with E-state index in [4.69, 9.17) is 33.7 Å². The van der Waals surface area contributed by atoms with Gasteiger partial charge in [-0.15, -0.1) is 0 Å². The summed E-state index contributed by atoms with van der Waals surface area (Å²) in [6, 6.07) is 12.0. The van der Waals surface area contributed by atoms with Crippen molar-refractivity contribution in [2.24, 2.45) is 5.73 Å². The Morgan fingerprint density at radius 2 is 1.84 bits per heavy atom. The third-order valence-corrected chi connectivity index (χ3v) is 3.22. The topological polar surface area (TPSA) is 52.3 Å². The van der Waals surface area contributed by atoms with Gasteiger partial charge in [-0.3, -0.25) is 4.79 Å². The molecule has 0 saturated carbocycles. The molecule has 2 N–H and O–H groups in total. The molecule has 0 radical (unpaired) electrons. The van der Waals surface area contributed by atoms with E-state index in [1.807, 2.05) is 18.2 Å². The summed E-state index contributed by atoms with van der Waals surface area (Å²) in [5.74, 6) is -0.0499. The van der Waals surface area contributed by atoms with Crippen LogP contribution in [-0.4, -0.2) is 5.91 Å². The van der Waals surface area contributed by atoms with Crippen molar-refractivity contribution in [3.63, 3.8) is 0 Å². The molecule has 0 unspecified atom stereocenters. The maximum atomic E-state index is 11.0. The van der Waals surface area contributed by atoms with Gasteiger partial charge in [0, 0.05) is 16.1 Å². The summed E-state index contributed by atoms with van der Waals surface area (Å²) in [6.45, 7) is 0.301. The normalized spacial score (nSPS) is 10.2. The molecule has 3 nitrogen and oxygen atoms in total. The summed E-state index contributed by atoms with van der Waals surface area (Å²) in [5, 5.41) is 0.968. The highest BCUT2D eigenvalue weighted by molar-refractivity contribution is 6.32. The number of benzene rings is 2. The minimum atomic E-state index is -0.528. The minimum absolute atomic E-state index is 0.301. The number of carbonyl (C=O) groups is 1. The first-order valence-electron chi connectivity index (χ1n) is 5.53. The van der Waals surface area contributed by atoms with Crippen LogP contribution in [0.2, 0.25) is 10.0 Å². The average Bonchev–Trinajstić information content (AvgIpc) is 2.39. The van der Waals surface area contributed by atoms with Gasteiger partial charge in [-0.2, -0.15) is 0 Å². The Morgan fingerprint density at radius 3 is 2.47 bits per heavy atom. The second-order valence-electron chi connectivity index (χ2n) is 3.89. The van der Waals surface area contributed by atoms with Crippen molar-refractivity contribution >= 4 is 29.1 Å². The van der Waals surface area contributed by atoms with Crippen LogP contribution in [0.3, 0.4) is 0 Å². The minimum Gasteiger partial charge on any atom is -0.487 e. The van der Waals surface area contributed by atoms with Crippen molar-refractivity contribution < 1.29 is 9.53 Å². The maximum Gasteiger partial charge on any atom is 0.248 e. The second kappa shape index (κ2) is 5.95. The van der Waals surface area contributed by atoms with Crippen LogP contribution in [0, 0.1) is 0 Å². The molecular formula is C14H11Cl2NO2. The molecule has 2 rings (SSSR count). The summed E-state index contributed by atoms with van der Waals surface area (Å²) in [4.78, 5) is 11.0. The van der Waals surface area contributed by atoms with Crippen LogP contribution in [0.25, 0.3) is 0 Å². The predicted octanol–water partition coefficient (Wildman–Crippen LogP) is 3.67. The molecular weight excluding hydrogens is 285 g/mol. The van der Waals surface area contributed by atoms with Crippen molar-refractivity contribution in [2.45, 2.75) is 6.61 Å². The zero-order chi connectivity index (χ0) is 13.8. The lowest BCUT2D eigenvalue weighted by atomic mass is 10.2. The van der Waals surface area contributed by atoms with Gasteiger partial charge in [0.25, 0.3) is 0 Å². The van der Waals surface area contributed by atoms with Crippen molar-refractivity contribution in [1.82, 2.24) is 0 Å². The van der Waals surface area contributed by atoms with Crippen LogP contribution in [-0.2, 0) is 6.61 Å². The van der Waals surface area contributed by atoms with E-state index >= 15 is 0 Å². The highest BCUT2D eigenvalue weighted by atomic mass is 35.5. The van der Waals surface area contributed by atoms with E-state index < -0.39 is 5.91 Å². The first-order valence-corrected chi connectivity index (χ1v) is 6.29. The van der Waals surface area contributed by atoms with E-state index in [0.717, 1.165) is 5.56 Å². The van der Waals surface area contributed by atoms with E-state index in [1.54, 1.807) is 18.2 Å². The van der Waals surface area contributed by atoms with Crippen LogP contribution < -0.4 is 10.5 Å². The number of primary amides is 1. The molecule has 2 aromatic carbocycles. The Hall–Kier alpha value is -1.71. The smallest absolute Gasteiger partial charge is 0.248 e. The fourth-order valence-electron chi connectivity index (χ4n) is 1.54. The third-order valence-electron chi connectivity index (χ3n) is 2.56. The lowest BCUT2D eigenvalue weighted by Gasteiger charge is -2.09. The van der Waals surface area contributed by atoms with Gasteiger partial charge >= 0.3 is 0 Å². The molecule has 0 bridgehead atoms. The van der Waals surface area contributed by atoms with Gasteiger partial charge in [0.2, 0.25) is 5.91 Å². The molecule has 0 fully saturated rings. The first-order chi connectivity index (χ1) is 9.08. The maximum absolute atomic E-state index is 11.0. The fourth-order valence-corrected chi connectivity index (χ4v) is 1.97. The largest absolute Gasteiger partial charge is 0.487 e. The number of carbonyl (C=O) groups excluding carboxylic acids is 1. The van der Waals surface area contributed by atoms with Crippen LogP contribution >= 0.6 is 23.2 Å². The SMILES string of the molecule is NC(=O)c1ccc(OCc2ccccc2Cl)c(Cl)c1. The van der Waals surface area contributed by atoms with Crippen molar-refractivity contribution in [2.75, 3.05) is 0 Å². The molecule has 0 aromatic heterocycles. The zero-order valence-electron chi connectivity index (χ0n) is 9.90. The lowest BCUT2D eigenvalue weighted by molar-refractivity contribution is 0.100. The number of nitrogens with two attached hydrogens (primary N) is 1. The van der Waals surface area contributed by atoms with E-state index in [2.05, 4.69) is 0 Å². The Morgan fingerprint density at radius 1 is 1.11 bits per heavy atom. The molecule has 19 heavy (non-hydrogen) atoms. The highest BCUT2D eigenvalue weighted by Gasteiger charge is 2.07. The van der Waals surface area contributed by atoms with Gasteiger partial charge in [-0.1, -0.05) is 41.4 Å². The zero-order valence-corrected chi connectivity index (χ0v) is 11.4. The molecule has 0 atom stereocenters. The highest BCUT2D eigenvalue weighted by Crippen LogP contribution is 2.27. The fraction of sp³-hybridized carbons (Fsp3) is 0.0714. The predicted molar refractivity (Wildman–Crippen MR) is 75.8 cm³/mol. The van der Waals surface area contributed by atoms with Crippen LogP contribution in [0.5, 0.6) is 5.75 Å². The van der Waals surface area contributed by atoms with E-state index in [1.165, 1.54) is 6.07 Å². The van der Waals surface area contributed by atoms with Gasteiger partial charge < -0.3 is 10.5 Å². The first kappa shape index (κ1) is 13.7. The lowest BCUT2D eigenvalue weighted by Crippen LogP contribution is -2.10. The van der Waals surface area contributed by atoms with Gasteiger partial charge in [-0.05, 0) is 24.3 Å². The number of ether oxygens (including phenoxy) is 1.